The van der Waals surface area contributed by atoms with Gasteiger partial charge in [0.1, 0.15) is 0 Å². The minimum Gasteiger partial charge on any atom is -0.355 e. The molecular weight excluding hydrogens is 264 g/mol. The fourth-order valence-electron chi connectivity index (χ4n) is 2.11. The lowest BCUT2D eigenvalue weighted by molar-refractivity contribution is -0.120. The van der Waals surface area contributed by atoms with Crippen molar-refractivity contribution in [1.82, 2.24) is 9.62 Å². The Hall–Kier alpha value is -1.40. The van der Waals surface area contributed by atoms with Gasteiger partial charge in [0.25, 0.3) is 0 Å². The summed E-state index contributed by atoms with van der Waals surface area (Å²) in [5, 5.41) is 2.68. The van der Waals surface area contributed by atoms with Crippen molar-refractivity contribution in [2.24, 2.45) is 0 Å². The number of hydrogen-bond acceptors (Lipinski definition) is 3. The highest BCUT2D eigenvalue weighted by atomic mass is 32.2. The number of nitrogens with one attached hydrogen (secondary N) is 1. The molecule has 0 bridgehead atoms. The van der Waals surface area contributed by atoms with E-state index in [1.165, 1.54) is 4.31 Å². The largest absolute Gasteiger partial charge is 0.355 e. The van der Waals surface area contributed by atoms with Crippen LogP contribution in [0, 0.1) is 13.8 Å². The molecule has 19 heavy (non-hydrogen) atoms. The average Bonchev–Trinajstić information content (AvgIpc) is 2.57. The molecule has 1 N–H and O–H groups in total. The van der Waals surface area contributed by atoms with Gasteiger partial charge in [-0.1, -0.05) is 12.1 Å². The molecule has 0 saturated carbocycles. The normalized spacial score (nSPS) is 17.9. The topological polar surface area (TPSA) is 66.5 Å². The fraction of sp³-hybridized carbons (Fsp3) is 0.462. The summed E-state index contributed by atoms with van der Waals surface area (Å²) in [4.78, 5) is 11.8. The quantitative estimate of drug-likeness (QED) is 0.873. The van der Waals surface area contributed by atoms with Gasteiger partial charge in [0.15, 0.2) is 0 Å². The van der Waals surface area contributed by atoms with Gasteiger partial charge in [-0.2, -0.15) is 4.31 Å². The van der Waals surface area contributed by atoms with Gasteiger partial charge in [-0.15, -0.1) is 0 Å². The van der Waals surface area contributed by atoms with Crippen LogP contribution in [0.3, 0.4) is 0 Å². The molecule has 1 saturated heterocycles. The first-order chi connectivity index (χ1) is 8.91. The van der Waals surface area contributed by atoms with Crippen molar-refractivity contribution >= 4 is 15.9 Å². The Labute approximate surface area is 113 Å². The SMILES string of the molecule is Cc1ccc(C)c(S(=O)(=O)N2CCCNC(=O)C2)c1. The molecule has 1 amide bonds. The van der Waals surface area contributed by atoms with E-state index in [1.54, 1.807) is 19.1 Å². The van der Waals surface area contributed by atoms with E-state index in [0.29, 0.717) is 30.0 Å². The zero-order valence-corrected chi connectivity index (χ0v) is 12.0. The van der Waals surface area contributed by atoms with Crippen LogP contribution in [0.25, 0.3) is 0 Å². The van der Waals surface area contributed by atoms with E-state index in [0.717, 1.165) is 5.56 Å². The van der Waals surface area contributed by atoms with Crippen LogP contribution in [0.15, 0.2) is 23.1 Å². The standard InChI is InChI=1S/C13H18N2O3S/c1-10-4-5-11(2)12(8-10)19(17,18)15-7-3-6-14-13(16)9-15/h4-5,8H,3,6-7,9H2,1-2H3,(H,14,16). The highest BCUT2D eigenvalue weighted by Gasteiger charge is 2.29. The molecule has 0 spiro atoms. The van der Waals surface area contributed by atoms with E-state index in [9.17, 15) is 13.2 Å². The maximum atomic E-state index is 12.6. The second-order valence-corrected chi connectivity index (χ2v) is 6.72. The van der Waals surface area contributed by atoms with E-state index < -0.39 is 10.0 Å². The first kappa shape index (κ1) is 14.0. The van der Waals surface area contributed by atoms with Crippen LogP contribution in [-0.2, 0) is 14.8 Å². The molecule has 1 fully saturated rings. The average molecular weight is 282 g/mol. The molecule has 0 radical (unpaired) electrons. The van der Waals surface area contributed by atoms with Gasteiger partial charge in [-0.25, -0.2) is 8.42 Å². The predicted octanol–water partition coefficient (Wildman–Crippen LogP) is 0.814. The van der Waals surface area contributed by atoms with Crippen molar-refractivity contribution in [3.8, 4) is 0 Å². The van der Waals surface area contributed by atoms with Crippen molar-refractivity contribution in [1.29, 1.82) is 0 Å². The van der Waals surface area contributed by atoms with Gasteiger partial charge in [0.2, 0.25) is 15.9 Å². The van der Waals surface area contributed by atoms with Crippen LogP contribution in [-0.4, -0.2) is 38.3 Å². The summed E-state index contributed by atoms with van der Waals surface area (Å²) in [6, 6.07) is 5.33. The molecule has 0 atom stereocenters. The van der Waals surface area contributed by atoms with Crippen LogP contribution < -0.4 is 5.32 Å². The molecule has 1 heterocycles. The molecule has 0 unspecified atom stereocenters. The summed E-state index contributed by atoms with van der Waals surface area (Å²) < 4.78 is 26.5. The van der Waals surface area contributed by atoms with Crippen LogP contribution in [0.2, 0.25) is 0 Å². The van der Waals surface area contributed by atoms with Gasteiger partial charge < -0.3 is 5.32 Å². The third-order valence-corrected chi connectivity index (χ3v) is 5.18. The summed E-state index contributed by atoms with van der Waals surface area (Å²) in [5.41, 5.74) is 1.60. The Morgan fingerprint density at radius 1 is 1.26 bits per heavy atom. The van der Waals surface area contributed by atoms with Gasteiger partial charge in [-0.3, -0.25) is 4.79 Å². The Morgan fingerprint density at radius 2 is 2.00 bits per heavy atom. The molecule has 0 aromatic heterocycles. The summed E-state index contributed by atoms with van der Waals surface area (Å²) >= 11 is 0. The molecule has 1 aromatic carbocycles. The smallest absolute Gasteiger partial charge is 0.243 e. The number of hydrogen-bond donors (Lipinski definition) is 1. The molecule has 2 rings (SSSR count). The van der Waals surface area contributed by atoms with E-state index >= 15 is 0 Å². The lowest BCUT2D eigenvalue weighted by atomic mass is 10.2. The van der Waals surface area contributed by atoms with Crippen LogP contribution in [0.1, 0.15) is 17.5 Å². The van der Waals surface area contributed by atoms with Crippen molar-refractivity contribution in [3.63, 3.8) is 0 Å². The number of carbonyl (C=O) groups excluding carboxylic acids is 1. The van der Waals surface area contributed by atoms with Crippen molar-refractivity contribution in [3.05, 3.63) is 29.3 Å². The third-order valence-electron chi connectivity index (χ3n) is 3.19. The van der Waals surface area contributed by atoms with Gasteiger partial charge >= 0.3 is 0 Å². The number of amides is 1. The first-order valence-corrected chi connectivity index (χ1v) is 7.69. The fourth-order valence-corrected chi connectivity index (χ4v) is 3.85. The summed E-state index contributed by atoms with van der Waals surface area (Å²) in [6.45, 7) is 4.42. The van der Waals surface area contributed by atoms with Gasteiger partial charge in [-0.05, 0) is 37.5 Å². The maximum Gasteiger partial charge on any atom is 0.243 e. The monoisotopic (exact) mass is 282 g/mol. The minimum absolute atomic E-state index is 0.101. The summed E-state index contributed by atoms with van der Waals surface area (Å²) in [7, 11) is -3.60. The molecule has 104 valence electrons. The Morgan fingerprint density at radius 3 is 2.74 bits per heavy atom. The van der Waals surface area contributed by atoms with Crippen LogP contribution in [0.4, 0.5) is 0 Å². The number of carbonyl (C=O) groups is 1. The second kappa shape index (κ2) is 5.30. The zero-order valence-electron chi connectivity index (χ0n) is 11.1. The molecule has 1 aromatic rings. The van der Waals surface area contributed by atoms with Crippen molar-refractivity contribution < 1.29 is 13.2 Å². The third kappa shape index (κ3) is 2.96. The summed E-state index contributed by atoms with van der Waals surface area (Å²) in [6.07, 6.45) is 0.635. The molecule has 0 aliphatic carbocycles. The molecule has 6 heteroatoms. The highest BCUT2D eigenvalue weighted by molar-refractivity contribution is 7.89. The van der Waals surface area contributed by atoms with E-state index in [1.807, 2.05) is 13.0 Å². The highest BCUT2D eigenvalue weighted by Crippen LogP contribution is 2.21. The first-order valence-electron chi connectivity index (χ1n) is 6.25. The summed E-state index contributed by atoms with van der Waals surface area (Å²) in [5.74, 6) is -0.244. The molecule has 5 nitrogen and oxygen atoms in total. The second-order valence-electron chi connectivity index (χ2n) is 4.81. The number of sulfonamides is 1. The van der Waals surface area contributed by atoms with Crippen molar-refractivity contribution in [2.45, 2.75) is 25.2 Å². The van der Waals surface area contributed by atoms with Gasteiger partial charge in [0, 0.05) is 13.1 Å². The number of rotatable bonds is 2. The zero-order chi connectivity index (χ0) is 14.0. The van der Waals surface area contributed by atoms with E-state index in [4.69, 9.17) is 0 Å². The Kier molecular flexibility index (Phi) is 3.91. The van der Waals surface area contributed by atoms with Crippen LogP contribution >= 0.6 is 0 Å². The predicted molar refractivity (Wildman–Crippen MR) is 72.3 cm³/mol. The number of benzene rings is 1. The molecule has 1 aliphatic heterocycles. The minimum atomic E-state index is -3.60. The van der Waals surface area contributed by atoms with Crippen molar-refractivity contribution in [2.75, 3.05) is 19.6 Å². The lowest BCUT2D eigenvalue weighted by Gasteiger charge is -2.20. The Balaban J connectivity index is 2.40. The lowest BCUT2D eigenvalue weighted by Crippen LogP contribution is -2.37. The van der Waals surface area contributed by atoms with E-state index in [-0.39, 0.29) is 12.5 Å². The van der Waals surface area contributed by atoms with E-state index in [2.05, 4.69) is 5.32 Å². The van der Waals surface area contributed by atoms with Gasteiger partial charge in [0.05, 0.1) is 11.4 Å². The van der Waals surface area contributed by atoms with Crippen LogP contribution in [0.5, 0.6) is 0 Å². The molecular formula is C13H18N2O3S. The number of aryl methyl sites for hydroxylation is 2. The Bertz CT molecular complexity index is 596. The maximum absolute atomic E-state index is 12.6. The molecule has 1 aliphatic rings. The number of nitrogens with zero attached hydrogens (tertiary/aromatic N) is 1.